The van der Waals surface area contributed by atoms with Gasteiger partial charge in [0.15, 0.2) is 22.7 Å². The number of hydrogen-bond donors (Lipinski definition) is 0. The van der Waals surface area contributed by atoms with Crippen LogP contribution in [0.15, 0.2) is 16.5 Å². The summed E-state index contributed by atoms with van der Waals surface area (Å²) in [7, 11) is -0.412. The zero-order chi connectivity index (χ0) is 19.6. The van der Waals surface area contributed by atoms with Crippen molar-refractivity contribution in [2.24, 2.45) is 0 Å². The van der Waals surface area contributed by atoms with E-state index in [0.29, 0.717) is 22.7 Å². The van der Waals surface area contributed by atoms with E-state index in [4.69, 9.17) is 18.3 Å². The second-order valence-corrected chi connectivity index (χ2v) is 14.0. The van der Waals surface area contributed by atoms with E-state index in [1.165, 1.54) is 0 Å². The van der Waals surface area contributed by atoms with E-state index in [1.54, 1.807) is 7.11 Å². The van der Waals surface area contributed by atoms with E-state index < -0.39 is 13.9 Å². The minimum atomic E-state index is -2.03. The molecule has 0 saturated heterocycles. The van der Waals surface area contributed by atoms with E-state index in [1.807, 2.05) is 12.1 Å². The van der Waals surface area contributed by atoms with Crippen LogP contribution in [-0.4, -0.2) is 21.4 Å². The van der Waals surface area contributed by atoms with Crippen molar-refractivity contribution in [2.45, 2.75) is 70.2 Å². The highest BCUT2D eigenvalue weighted by atomic mass is 28.4. The molecule has 1 aliphatic heterocycles. The van der Waals surface area contributed by atoms with Crippen LogP contribution in [0, 0.1) is 0 Å². The van der Waals surface area contributed by atoms with Crippen molar-refractivity contribution in [3.8, 4) is 11.5 Å². The van der Waals surface area contributed by atoms with Gasteiger partial charge in [-0.1, -0.05) is 20.8 Å². The Morgan fingerprint density at radius 1 is 1.15 bits per heavy atom. The Morgan fingerprint density at radius 3 is 2.41 bits per heavy atom. The van der Waals surface area contributed by atoms with Gasteiger partial charge in [0.2, 0.25) is 8.32 Å². The van der Waals surface area contributed by atoms with Crippen molar-refractivity contribution in [3.05, 3.63) is 23.5 Å². The number of fused-ring (bicyclic) bond motifs is 4. The second-order valence-electron chi connectivity index (χ2n) is 9.26. The van der Waals surface area contributed by atoms with Crippen LogP contribution in [0.4, 0.5) is 0 Å². The zero-order valence-electron chi connectivity index (χ0n) is 17.0. The summed E-state index contributed by atoms with van der Waals surface area (Å²) in [4.78, 5) is 12.7. The predicted octanol–water partition coefficient (Wildman–Crippen LogP) is 5.77. The number of esters is 1. The maximum Gasteiger partial charge on any atom is 0.343 e. The lowest BCUT2D eigenvalue weighted by atomic mass is 9.97. The molecule has 6 heteroatoms. The highest BCUT2D eigenvalue weighted by Gasteiger charge is 2.52. The molecule has 27 heavy (non-hydrogen) atoms. The Balaban J connectivity index is 1.87. The number of ether oxygens (including phenoxy) is 2. The van der Waals surface area contributed by atoms with Crippen LogP contribution in [0.3, 0.4) is 0 Å². The molecule has 0 bridgehead atoms. The molecule has 1 aromatic heterocycles. The van der Waals surface area contributed by atoms with Crippen LogP contribution >= 0.6 is 0 Å². The highest BCUT2D eigenvalue weighted by Crippen LogP contribution is 2.52. The molecule has 2 heterocycles. The third-order valence-corrected chi connectivity index (χ3v) is 10.8. The fraction of sp³-hybridized carbons (Fsp3) is 0.571. The first kappa shape index (κ1) is 18.4. The highest BCUT2D eigenvalue weighted by molar-refractivity contribution is 6.74. The van der Waals surface area contributed by atoms with Crippen LogP contribution in [0.5, 0.6) is 11.5 Å². The maximum atomic E-state index is 12.7. The molecule has 2 aliphatic rings. The van der Waals surface area contributed by atoms with E-state index in [9.17, 15) is 4.79 Å². The fourth-order valence-corrected chi connectivity index (χ4v) is 4.89. The fourth-order valence-electron chi connectivity index (χ4n) is 3.88. The maximum absolute atomic E-state index is 12.7. The molecule has 1 fully saturated rings. The summed E-state index contributed by atoms with van der Waals surface area (Å²) in [6, 6.07) is 3.78. The van der Waals surface area contributed by atoms with E-state index in [0.717, 1.165) is 36.8 Å². The largest absolute Gasteiger partial charge is 0.543 e. The van der Waals surface area contributed by atoms with Gasteiger partial charge in [0.05, 0.1) is 7.11 Å². The second kappa shape index (κ2) is 5.77. The third kappa shape index (κ3) is 2.68. The summed E-state index contributed by atoms with van der Waals surface area (Å²) >= 11 is 0. The molecule has 5 nitrogen and oxygen atoms in total. The quantitative estimate of drug-likeness (QED) is 0.494. The van der Waals surface area contributed by atoms with Gasteiger partial charge in [-0.3, -0.25) is 0 Å². The van der Waals surface area contributed by atoms with Gasteiger partial charge >= 0.3 is 5.97 Å². The number of rotatable bonds is 3. The lowest BCUT2D eigenvalue weighted by Gasteiger charge is -2.36. The lowest BCUT2D eigenvalue weighted by Crippen LogP contribution is -2.43. The van der Waals surface area contributed by atoms with Crippen LogP contribution in [0.2, 0.25) is 18.1 Å². The number of furan rings is 1. The number of carbonyl (C=O) groups is 1. The molecule has 0 radical (unpaired) electrons. The molecule has 1 spiro atoms. The minimum Gasteiger partial charge on any atom is -0.543 e. The van der Waals surface area contributed by atoms with Gasteiger partial charge in [-0.25, -0.2) is 4.79 Å². The van der Waals surface area contributed by atoms with Gasteiger partial charge < -0.3 is 18.3 Å². The average molecular weight is 389 g/mol. The first-order valence-electron chi connectivity index (χ1n) is 9.65. The van der Waals surface area contributed by atoms with Crippen molar-refractivity contribution in [3.63, 3.8) is 0 Å². The first-order chi connectivity index (χ1) is 12.6. The van der Waals surface area contributed by atoms with Crippen molar-refractivity contribution < 1.29 is 23.1 Å². The topological polar surface area (TPSA) is 57.9 Å². The molecule has 0 unspecified atom stereocenters. The number of hydrogen-bond acceptors (Lipinski definition) is 5. The van der Waals surface area contributed by atoms with Crippen LogP contribution < -0.4 is 9.16 Å². The molecular weight excluding hydrogens is 360 g/mol. The summed E-state index contributed by atoms with van der Waals surface area (Å²) in [5, 5.41) is 0.798. The molecule has 4 rings (SSSR count). The minimum absolute atomic E-state index is 0.0698. The van der Waals surface area contributed by atoms with Gasteiger partial charge in [-0.2, -0.15) is 0 Å². The predicted molar refractivity (Wildman–Crippen MR) is 106 cm³/mol. The molecular formula is C21H28O5Si. The normalized spacial score (nSPS) is 18.8. The molecule has 1 saturated carbocycles. The molecule has 1 aromatic carbocycles. The monoisotopic (exact) mass is 388 g/mol. The Labute approximate surface area is 161 Å². The first-order valence-corrected chi connectivity index (χ1v) is 12.6. The number of methoxy groups -OCH3 is 1. The number of carbonyl (C=O) groups excluding carboxylic acids is 1. The lowest BCUT2D eigenvalue weighted by molar-refractivity contribution is -0.0130. The summed E-state index contributed by atoms with van der Waals surface area (Å²) in [5.41, 5.74) is 0.565. The smallest absolute Gasteiger partial charge is 0.343 e. The summed E-state index contributed by atoms with van der Waals surface area (Å²) in [6.07, 6.45) is 3.73. The van der Waals surface area contributed by atoms with Crippen molar-refractivity contribution in [1.82, 2.24) is 0 Å². The van der Waals surface area contributed by atoms with E-state index in [2.05, 4.69) is 33.9 Å². The third-order valence-electron chi connectivity index (χ3n) is 6.45. The summed E-state index contributed by atoms with van der Waals surface area (Å²) in [5.74, 6) is 1.69. The molecule has 146 valence electrons. The van der Waals surface area contributed by atoms with Crippen molar-refractivity contribution in [2.75, 3.05) is 7.11 Å². The SMILES string of the molecule is COc1cc(O[Si](C)(C)C(C)(C)C)cc2c3c(oc12)C1(CCCC1)OC3=O. The Kier molecular flexibility index (Phi) is 3.94. The molecule has 0 atom stereocenters. The standard InChI is InChI=1S/C21H28O5Si/c1-20(2,3)27(5,6)26-13-11-14-16-18(24-17(14)15(12-13)23-4)21(25-19(16)22)9-7-8-10-21/h11-12H,7-10H2,1-6H3. The van der Waals surface area contributed by atoms with Crippen LogP contribution in [0.1, 0.15) is 62.6 Å². The van der Waals surface area contributed by atoms with Crippen molar-refractivity contribution >= 4 is 25.3 Å². The Hall–Kier alpha value is -1.95. The van der Waals surface area contributed by atoms with Gasteiger partial charge in [0.1, 0.15) is 11.3 Å². The number of benzene rings is 1. The Bertz CT molecular complexity index is 913. The summed E-state index contributed by atoms with van der Waals surface area (Å²) < 4.78 is 24.0. The van der Waals surface area contributed by atoms with E-state index in [-0.39, 0.29) is 11.0 Å². The molecule has 0 amide bonds. The Morgan fingerprint density at radius 2 is 1.81 bits per heavy atom. The van der Waals surface area contributed by atoms with Crippen LogP contribution in [-0.2, 0) is 10.3 Å². The van der Waals surface area contributed by atoms with Crippen LogP contribution in [0.25, 0.3) is 11.0 Å². The van der Waals surface area contributed by atoms with Crippen molar-refractivity contribution in [1.29, 1.82) is 0 Å². The van der Waals surface area contributed by atoms with Gasteiger partial charge in [-0.15, -0.1) is 0 Å². The summed E-state index contributed by atoms with van der Waals surface area (Å²) in [6.45, 7) is 11.0. The van der Waals surface area contributed by atoms with Gasteiger partial charge in [0.25, 0.3) is 0 Å². The molecule has 0 N–H and O–H groups in total. The van der Waals surface area contributed by atoms with Gasteiger partial charge in [0, 0.05) is 11.5 Å². The zero-order valence-corrected chi connectivity index (χ0v) is 18.0. The average Bonchev–Trinajstić information content (AvgIpc) is 3.23. The van der Waals surface area contributed by atoms with E-state index >= 15 is 0 Å². The molecule has 1 aliphatic carbocycles. The van der Waals surface area contributed by atoms with Gasteiger partial charge in [-0.05, 0) is 49.9 Å². The molecule has 2 aromatic rings.